The van der Waals surface area contributed by atoms with Crippen LogP contribution >= 0.6 is 23.1 Å². The highest BCUT2D eigenvalue weighted by Gasteiger charge is 2.36. The van der Waals surface area contributed by atoms with Crippen molar-refractivity contribution in [3.8, 4) is 16.6 Å². The Hall–Kier alpha value is -2.05. The molecule has 2 aromatic heterocycles. The summed E-state index contributed by atoms with van der Waals surface area (Å²) in [5, 5.41) is 13.0. The van der Waals surface area contributed by atoms with Crippen molar-refractivity contribution >= 4 is 29.0 Å². The lowest BCUT2D eigenvalue weighted by molar-refractivity contribution is -0.138. The molecular weight excluding hydrogens is 395 g/mol. The van der Waals surface area contributed by atoms with Gasteiger partial charge in [-0.3, -0.25) is 4.79 Å². The third kappa shape index (κ3) is 5.47. The predicted molar refractivity (Wildman–Crippen MR) is 100 cm³/mol. The zero-order valence-electron chi connectivity index (χ0n) is 14.9. The van der Waals surface area contributed by atoms with Gasteiger partial charge in [-0.05, 0) is 30.4 Å². The molecule has 0 aliphatic heterocycles. The van der Waals surface area contributed by atoms with Gasteiger partial charge in [0.25, 0.3) is 0 Å². The van der Waals surface area contributed by atoms with E-state index in [1.54, 1.807) is 30.5 Å². The van der Waals surface area contributed by atoms with E-state index in [9.17, 15) is 23.2 Å². The van der Waals surface area contributed by atoms with E-state index in [1.165, 1.54) is 11.3 Å². The summed E-state index contributed by atoms with van der Waals surface area (Å²) >= 11 is 2.11. The van der Waals surface area contributed by atoms with Crippen molar-refractivity contribution in [3.05, 3.63) is 34.7 Å². The largest absolute Gasteiger partial charge is 0.417 e. The molecular formula is C18H18F3N3OS2. The summed E-state index contributed by atoms with van der Waals surface area (Å²) in [6.45, 7) is 5.92. The lowest BCUT2D eigenvalue weighted by atomic mass is 10.1. The maximum Gasteiger partial charge on any atom is 0.417 e. The Bertz CT molecular complexity index is 843. The van der Waals surface area contributed by atoms with E-state index in [-0.39, 0.29) is 22.5 Å². The number of nitriles is 1. The van der Waals surface area contributed by atoms with E-state index in [0.29, 0.717) is 11.4 Å². The van der Waals surface area contributed by atoms with Crippen molar-refractivity contribution in [2.75, 3.05) is 6.54 Å². The van der Waals surface area contributed by atoms with Crippen LogP contribution in [-0.4, -0.2) is 22.7 Å². The van der Waals surface area contributed by atoms with Gasteiger partial charge in [-0.15, -0.1) is 11.3 Å². The van der Waals surface area contributed by atoms with Crippen molar-refractivity contribution < 1.29 is 18.0 Å². The molecule has 0 fully saturated rings. The summed E-state index contributed by atoms with van der Waals surface area (Å²) in [6.07, 6.45) is -4.70. The number of rotatable bonds is 6. The summed E-state index contributed by atoms with van der Waals surface area (Å²) in [4.78, 5) is 17.0. The number of carbonyl (C=O) groups is 1. The van der Waals surface area contributed by atoms with Crippen LogP contribution in [0.3, 0.4) is 0 Å². The van der Waals surface area contributed by atoms with Crippen LogP contribution in [0.4, 0.5) is 13.2 Å². The Kier molecular flexibility index (Phi) is 6.89. The van der Waals surface area contributed by atoms with Gasteiger partial charge < -0.3 is 5.32 Å². The second-order valence-electron chi connectivity index (χ2n) is 6.22. The van der Waals surface area contributed by atoms with Gasteiger partial charge in [0.1, 0.15) is 11.1 Å². The first-order valence-electron chi connectivity index (χ1n) is 8.14. The Morgan fingerprint density at radius 1 is 1.41 bits per heavy atom. The van der Waals surface area contributed by atoms with Crippen molar-refractivity contribution in [2.45, 2.75) is 37.2 Å². The number of aromatic nitrogens is 1. The molecule has 0 spiro atoms. The molecule has 0 aliphatic carbocycles. The van der Waals surface area contributed by atoms with Gasteiger partial charge in [0, 0.05) is 6.54 Å². The highest BCUT2D eigenvalue weighted by molar-refractivity contribution is 8.00. The highest BCUT2D eigenvalue weighted by atomic mass is 32.2. The molecule has 0 saturated carbocycles. The molecule has 1 unspecified atom stereocenters. The van der Waals surface area contributed by atoms with Gasteiger partial charge in [0.15, 0.2) is 0 Å². The topological polar surface area (TPSA) is 65.8 Å². The minimum atomic E-state index is -4.70. The van der Waals surface area contributed by atoms with Gasteiger partial charge in [0.2, 0.25) is 5.91 Å². The summed E-state index contributed by atoms with van der Waals surface area (Å²) in [6, 6.07) is 5.86. The molecule has 9 heteroatoms. The Morgan fingerprint density at radius 2 is 2.11 bits per heavy atom. The van der Waals surface area contributed by atoms with E-state index < -0.39 is 22.6 Å². The molecule has 27 heavy (non-hydrogen) atoms. The SMILES string of the molecule is CC(C)CNC(=O)C(C)Sc1nc(-c2cccs2)cc(C(F)(F)F)c1C#N. The summed E-state index contributed by atoms with van der Waals surface area (Å²) in [7, 11) is 0. The smallest absolute Gasteiger partial charge is 0.355 e. The number of pyridine rings is 1. The van der Waals surface area contributed by atoms with Crippen LogP contribution in [0.15, 0.2) is 28.6 Å². The molecule has 1 atom stereocenters. The molecule has 144 valence electrons. The minimum absolute atomic E-state index is 0.0945. The van der Waals surface area contributed by atoms with Crippen molar-refractivity contribution in [1.82, 2.24) is 10.3 Å². The summed E-state index contributed by atoms with van der Waals surface area (Å²) in [5.41, 5.74) is -1.47. The molecule has 1 amide bonds. The van der Waals surface area contributed by atoms with E-state index in [1.807, 2.05) is 13.8 Å². The second-order valence-corrected chi connectivity index (χ2v) is 8.50. The van der Waals surface area contributed by atoms with Crippen LogP contribution in [0.5, 0.6) is 0 Å². The molecule has 2 heterocycles. The van der Waals surface area contributed by atoms with Crippen LogP contribution in [0.1, 0.15) is 31.9 Å². The fourth-order valence-corrected chi connectivity index (χ4v) is 3.79. The summed E-state index contributed by atoms with van der Waals surface area (Å²) in [5.74, 6) is -0.0626. The van der Waals surface area contributed by atoms with Crippen LogP contribution in [0.25, 0.3) is 10.6 Å². The maximum absolute atomic E-state index is 13.5. The first-order chi connectivity index (χ1) is 12.6. The Morgan fingerprint density at radius 3 is 2.63 bits per heavy atom. The van der Waals surface area contributed by atoms with Crippen molar-refractivity contribution in [3.63, 3.8) is 0 Å². The predicted octanol–water partition coefficient (Wildman–Crippen LogP) is 4.95. The first-order valence-corrected chi connectivity index (χ1v) is 9.90. The zero-order chi connectivity index (χ0) is 20.2. The number of thiophene rings is 1. The maximum atomic E-state index is 13.5. The quantitative estimate of drug-likeness (QED) is 0.680. The molecule has 0 aromatic carbocycles. The van der Waals surface area contributed by atoms with Crippen molar-refractivity contribution in [2.24, 2.45) is 5.92 Å². The lowest BCUT2D eigenvalue weighted by Crippen LogP contribution is -2.33. The summed E-state index contributed by atoms with van der Waals surface area (Å²) < 4.78 is 40.4. The van der Waals surface area contributed by atoms with Crippen LogP contribution in [-0.2, 0) is 11.0 Å². The third-order valence-electron chi connectivity index (χ3n) is 3.52. The average molecular weight is 413 g/mol. The number of nitrogens with zero attached hydrogens (tertiary/aromatic N) is 2. The Balaban J connectivity index is 2.43. The standard InChI is InChI=1S/C18H18F3N3OS2/c1-10(2)9-23-16(25)11(3)27-17-12(8-22)13(18(19,20)21)7-14(24-17)15-5-4-6-26-15/h4-7,10-11H,9H2,1-3H3,(H,23,25). The normalized spacial score (nSPS) is 12.7. The number of amides is 1. The molecule has 0 bridgehead atoms. The minimum Gasteiger partial charge on any atom is -0.355 e. The molecule has 0 saturated heterocycles. The van der Waals surface area contributed by atoms with Gasteiger partial charge >= 0.3 is 6.18 Å². The average Bonchev–Trinajstić information content (AvgIpc) is 3.12. The van der Waals surface area contributed by atoms with E-state index in [0.717, 1.165) is 17.8 Å². The number of halogens is 3. The van der Waals surface area contributed by atoms with E-state index in [4.69, 9.17) is 0 Å². The molecule has 0 aliphatic rings. The fraction of sp³-hybridized carbons (Fsp3) is 0.389. The highest BCUT2D eigenvalue weighted by Crippen LogP contribution is 2.39. The third-order valence-corrected chi connectivity index (χ3v) is 5.50. The molecule has 1 N–H and O–H groups in total. The van der Waals surface area contributed by atoms with Gasteiger partial charge in [-0.2, -0.15) is 18.4 Å². The number of thioether (sulfide) groups is 1. The number of alkyl halides is 3. The monoisotopic (exact) mass is 413 g/mol. The molecule has 4 nitrogen and oxygen atoms in total. The Labute approximate surface area is 163 Å². The van der Waals surface area contributed by atoms with Gasteiger partial charge in [-0.1, -0.05) is 31.7 Å². The zero-order valence-corrected chi connectivity index (χ0v) is 16.6. The molecule has 2 aromatic rings. The first kappa shape index (κ1) is 21.3. The van der Waals surface area contributed by atoms with Crippen LogP contribution in [0, 0.1) is 17.2 Å². The molecule has 0 radical (unpaired) electrons. The molecule has 2 rings (SSSR count). The second kappa shape index (κ2) is 8.76. The van der Waals surface area contributed by atoms with Gasteiger partial charge in [0.05, 0.1) is 26.9 Å². The lowest BCUT2D eigenvalue weighted by Gasteiger charge is -2.16. The van der Waals surface area contributed by atoms with Crippen molar-refractivity contribution in [1.29, 1.82) is 5.26 Å². The fourth-order valence-electron chi connectivity index (χ4n) is 2.16. The van der Waals surface area contributed by atoms with Crippen LogP contribution < -0.4 is 5.32 Å². The van der Waals surface area contributed by atoms with Crippen LogP contribution in [0.2, 0.25) is 0 Å². The van der Waals surface area contributed by atoms with E-state index in [2.05, 4.69) is 10.3 Å². The number of nitrogens with one attached hydrogen (secondary N) is 1. The number of hydrogen-bond donors (Lipinski definition) is 1. The van der Waals surface area contributed by atoms with Gasteiger partial charge in [-0.25, -0.2) is 4.98 Å². The number of hydrogen-bond acceptors (Lipinski definition) is 5. The van der Waals surface area contributed by atoms with E-state index >= 15 is 0 Å². The number of carbonyl (C=O) groups excluding carboxylic acids is 1.